The van der Waals surface area contributed by atoms with E-state index in [4.69, 9.17) is 22.1 Å². The molecule has 1 aromatic rings. The lowest BCUT2D eigenvalue weighted by molar-refractivity contribution is 0.0205. The van der Waals surface area contributed by atoms with Gasteiger partial charge in [-0.05, 0) is 38.5 Å². The molecule has 1 rings (SSSR count). The van der Waals surface area contributed by atoms with Gasteiger partial charge in [0.15, 0.2) is 0 Å². The molecule has 0 saturated heterocycles. The van der Waals surface area contributed by atoms with Crippen molar-refractivity contribution in [1.29, 1.82) is 0 Å². The van der Waals surface area contributed by atoms with Gasteiger partial charge in [0.05, 0.1) is 26.3 Å². The summed E-state index contributed by atoms with van der Waals surface area (Å²) in [6.07, 6.45) is 0.696. The summed E-state index contributed by atoms with van der Waals surface area (Å²) in [6, 6.07) is 5.03. The normalized spacial score (nSPS) is 13.6. The third kappa shape index (κ3) is 4.30. The standard InChI is InChI=1S/C12H18ClNO2S/c1-12(2,16-3)6-7-17(15)11-8-9(14)4-5-10(11)13/h4-5,8H,6-7,14H2,1-3H3. The molecule has 0 fully saturated rings. The number of anilines is 1. The maximum atomic E-state index is 12.1. The van der Waals surface area contributed by atoms with Crippen molar-refractivity contribution in [1.82, 2.24) is 0 Å². The molecule has 0 aliphatic carbocycles. The zero-order valence-electron chi connectivity index (χ0n) is 10.3. The number of halogens is 1. The molecule has 96 valence electrons. The lowest BCUT2D eigenvalue weighted by atomic mass is 10.1. The molecule has 17 heavy (non-hydrogen) atoms. The maximum absolute atomic E-state index is 12.1. The summed E-state index contributed by atoms with van der Waals surface area (Å²) in [6.45, 7) is 3.93. The van der Waals surface area contributed by atoms with Gasteiger partial charge in [-0.2, -0.15) is 0 Å². The van der Waals surface area contributed by atoms with Crippen LogP contribution in [0.15, 0.2) is 23.1 Å². The molecule has 0 aliphatic rings. The second-order valence-electron chi connectivity index (χ2n) is 4.45. The Kier molecular flexibility index (Phi) is 4.98. The summed E-state index contributed by atoms with van der Waals surface area (Å²) >= 11 is 6.00. The fourth-order valence-electron chi connectivity index (χ4n) is 1.24. The predicted octanol–water partition coefficient (Wildman–Crippen LogP) is 2.84. The van der Waals surface area contributed by atoms with E-state index in [0.29, 0.717) is 27.8 Å². The highest BCUT2D eigenvalue weighted by molar-refractivity contribution is 7.85. The largest absolute Gasteiger partial charge is 0.399 e. The third-order valence-electron chi connectivity index (χ3n) is 2.64. The van der Waals surface area contributed by atoms with E-state index in [-0.39, 0.29) is 5.60 Å². The lowest BCUT2D eigenvalue weighted by Crippen LogP contribution is -2.24. The topological polar surface area (TPSA) is 52.3 Å². The minimum absolute atomic E-state index is 0.275. The monoisotopic (exact) mass is 275 g/mol. The Balaban J connectivity index is 2.74. The fourth-order valence-corrected chi connectivity index (χ4v) is 3.07. The zero-order valence-corrected chi connectivity index (χ0v) is 11.9. The second kappa shape index (κ2) is 5.85. The van der Waals surface area contributed by atoms with Crippen molar-refractivity contribution in [3.05, 3.63) is 23.2 Å². The minimum Gasteiger partial charge on any atom is -0.399 e. The van der Waals surface area contributed by atoms with E-state index in [9.17, 15) is 4.21 Å². The Morgan fingerprint density at radius 3 is 2.71 bits per heavy atom. The van der Waals surface area contributed by atoms with Crippen LogP contribution in [-0.2, 0) is 15.5 Å². The molecule has 1 atom stereocenters. The van der Waals surface area contributed by atoms with Crippen LogP contribution in [-0.4, -0.2) is 22.7 Å². The van der Waals surface area contributed by atoms with Crippen molar-refractivity contribution < 1.29 is 8.95 Å². The predicted molar refractivity (Wildman–Crippen MR) is 72.8 cm³/mol. The molecule has 0 aromatic heterocycles. The quantitative estimate of drug-likeness (QED) is 0.841. The Hall–Kier alpha value is -0.580. The first-order chi connectivity index (χ1) is 7.85. The first-order valence-electron chi connectivity index (χ1n) is 5.34. The van der Waals surface area contributed by atoms with Gasteiger partial charge in [0.1, 0.15) is 0 Å². The average Bonchev–Trinajstić information content (AvgIpc) is 2.29. The van der Waals surface area contributed by atoms with Crippen LogP contribution in [0.4, 0.5) is 5.69 Å². The van der Waals surface area contributed by atoms with Crippen LogP contribution in [0.3, 0.4) is 0 Å². The molecule has 0 saturated carbocycles. The highest BCUT2D eigenvalue weighted by Gasteiger charge is 2.19. The summed E-state index contributed by atoms with van der Waals surface area (Å²) < 4.78 is 17.4. The van der Waals surface area contributed by atoms with Gasteiger partial charge in [-0.25, -0.2) is 0 Å². The summed E-state index contributed by atoms with van der Waals surface area (Å²) in [5.41, 5.74) is 5.95. The zero-order chi connectivity index (χ0) is 13.1. The highest BCUT2D eigenvalue weighted by atomic mass is 35.5. The number of methoxy groups -OCH3 is 1. The Labute approximate surface area is 110 Å². The Morgan fingerprint density at radius 1 is 1.47 bits per heavy atom. The van der Waals surface area contributed by atoms with Crippen molar-refractivity contribution in [3.8, 4) is 0 Å². The number of nitrogens with two attached hydrogens (primary N) is 1. The van der Waals surface area contributed by atoms with E-state index in [1.165, 1.54) is 0 Å². The Bertz CT molecular complexity index is 421. The molecule has 0 bridgehead atoms. The minimum atomic E-state index is -1.15. The van der Waals surface area contributed by atoms with Crippen LogP contribution in [0.1, 0.15) is 20.3 Å². The van der Waals surface area contributed by atoms with Gasteiger partial charge >= 0.3 is 0 Å². The van der Waals surface area contributed by atoms with Crippen LogP contribution >= 0.6 is 11.6 Å². The van der Waals surface area contributed by atoms with E-state index in [0.717, 1.165) is 0 Å². The van der Waals surface area contributed by atoms with Crippen LogP contribution in [0.25, 0.3) is 0 Å². The molecule has 0 spiro atoms. The van der Waals surface area contributed by atoms with Crippen molar-refractivity contribution >= 4 is 28.1 Å². The molecule has 0 amide bonds. The molecule has 0 heterocycles. The van der Waals surface area contributed by atoms with Crippen molar-refractivity contribution in [2.24, 2.45) is 0 Å². The first kappa shape index (κ1) is 14.5. The second-order valence-corrected chi connectivity index (χ2v) is 6.40. The van der Waals surface area contributed by atoms with E-state index in [1.54, 1.807) is 25.3 Å². The summed E-state index contributed by atoms with van der Waals surface area (Å²) in [4.78, 5) is 0.596. The summed E-state index contributed by atoms with van der Waals surface area (Å²) in [5, 5.41) is 0.493. The number of benzene rings is 1. The van der Waals surface area contributed by atoms with E-state index in [2.05, 4.69) is 0 Å². The van der Waals surface area contributed by atoms with Gasteiger partial charge in [0, 0.05) is 18.6 Å². The van der Waals surface area contributed by atoms with Crippen LogP contribution in [0, 0.1) is 0 Å². The number of hydrogen-bond donors (Lipinski definition) is 1. The van der Waals surface area contributed by atoms with Crippen LogP contribution < -0.4 is 5.73 Å². The molecule has 0 aliphatic heterocycles. The van der Waals surface area contributed by atoms with E-state index >= 15 is 0 Å². The Morgan fingerprint density at radius 2 is 2.12 bits per heavy atom. The molecule has 5 heteroatoms. The van der Waals surface area contributed by atoms with Gasteiger partial charge < -0.3 is 10.5 Å². The third-order valence-corrected chi connectivity index (χ3v) is 4.49. The number of hydrogen-bond acceptors (Lipinski definition) is 3. The van der Waals surface area contributed by atoms with Crippen LogP contribution in [0.5, 0.6) is 0 Å². The maximum Gasteiger partial charge on any atom is 0.0631 e. The van der Waals surface area contributed by atoms with Gasteiger partial charge in [-0.15, -0.1) is 0 Å². The van der Waals surface area contributed by atoms with Crippen molar-refractivity contribution in [2.45, 2.75) is 30.8 Å². The molecule has 0 radical (unpaired) electrons. The number of rotatable bonds is 5. The molecule has 1 aromatic carbocycles. The van der Waals surface area contributed by atoms with Crippen molar-refractivity contribution in [2.75, 3.05) is 18.6 Å². The first-order valence-corrected chi connectivity index (χ1v) is 7.04. The van der Waals surface area contributed by atoms with E-state index in [1.807, 2.05) is 13.8 Å². The molecule has 3 nitrogen and oxygen atoms in total. The average molecular weight is 276 g/mol. The highest BCUT2D eigenvalue weighted by Crippen LogP contribution is 2.24. The molecular weight excluding hydrogens is 258 g/mol. The molecule has 1 unspecified atom stereocenters. The fraction of sp³-hybridized carbons (Fsp3) is 0.500. The molecule has 2 N–H and O–H groups in total. The number of nitrogen functional groups attached to an aromatic ring is 1. The summed E-state index contributed by atoms with van der Waals surface area (Å²) in [7, 11) is 0.504. The van der Waals surface area contributed by atoms with Gasteiger partial charge in [0.2, 0.25) is 0 Å². The van der Waals surface area contributed by atoms with E-state index < -0.39 is 10.8 Å². The van der Waals surface area contributed by atoms with Crippen LogP contribution in [0.2, 0.25) is 5.02 Å². The SMILES string of the molecule is COC(C)(C)CCS(=O)c1cc(N)ccc1Cl. The van der Waals surface area contributed by atoms with Gasteiger partial charge in [-0.1, -0.05) is 11.6 Å². The van der Waals surface area contributed by atoms with Gasteiger partial charge in [0.25, 0.3) is 0 Å². The molecular formula is C12H18ClNO2S. The summed E-state index contributed by atoms with van der Waals surface area (Å²) in [5.74, 6) is 0.504. The van der Waals surface area contributed by atoms with Crippen molar-refractivity contribution in [3.63, 3.8) is 0 Å². The van der Waals surface area contributed by atoms with Gasteiger partial charge in [-0.3, -0.25) is 4.21 Å². The number of ether oxygens (including phenoxy) is 1. The smallest absolute Gasteiger partial charge is 0.0631 e. The lowest BCUT2D eigenvalue weighted by Gasteiger charge is -2.22.